The van der Waals surface area contributed by atoms with Crippen molar-refractivity contribution in [3.63, 3.8) is 0 Å². The van der Waals surface area contributed by atoms with E-state index in [0.717, 1.165) is 36.0 Å². The lowest BCUT2D eigenvalue weighted by molar-refractivity contribution is -0.132. The molecule has 1 aliphatic rings. The lowest BCUT2D eigenvalue weighted by atomic mass is 9.84. The molecule has 0 saturated carbocycles. The lowest BCUT2D eigenvalue weighted by Crippen LogP contribution is -2.45. The summed E-state index contributed by atoms with van der Waals surface area (Å²) in [5.74, 6) is -0.194. The first-order valence-electron chi connectivity index (χ1n) is 12.0. The molecule has 1 amide bonds. The van der Waals surface area contributed by atoms with Gasteiger partial charge in [0.15, 0.2) is 0 Å². The highest BCUT2D eigenvalue weighted by atomic mass is 16.3. The fraction of sp³-hybridized carbons (Fsp3) is 0.345. The molecule has 0 aromatic heterocycles. The number of benzene rings is 3. The topological polar surface area (TPSA) is 52.6 Å². The summed E-state index contributed by atoms with van der Waals surface area (Å²) in [5, 5.41) is 15.1. The van der Waals surface area contributed by atoms with Crippen molar-refractivity contribution >= 4 is 5.91 Å². The standard InChI is InChI=1S/C29H34N2O2/c1-2-3-19-26-30-27(29(33)31(26)21-23-15-9-5-10-16-23)28(32)25(24-17-11-6-12-18-24)20-22-13-7-4-8-14-22/h4-18,25-28,30,32H,2-3,19-21H2,1H3/t25?,26?,27-,28+/m0/s1. The van der Waals surface area contributed by atoms with Crippen LogP contribution in [-0.4, -0.2) is 34.2 Å². The molecule has 1 aliphatic heterocycles. The summed E-state index contributed by atoms with van der Waals surface area (Å²) in [7, 11) is 0. The van der Waals surface area contributed by atoms with Gasteiger partial charge in [-0.3, -0.25) is 10.1 Å². The molecule has 4 nitrogen and oxygen atoms in total. The predicted molar refractivity (Wildman–Crippen MR) is 133 cm³/mol. The van der Waals surface area contributed by atoms with E-state index >= 15 is 0 Å². The average Bonchev–Trinajstić information content (AvgIpc) is 3.17. The number of hydrogen-bond donors (Lipinski definition) is 2. The van der Waals surface area contributed by atoms with Crippen LogP contribution in [0.25, 0.3) is 0 Å². The largest absolute Gasteiger partial charge is 0.390 e. The first kappa shape index (κ1) is 23.2. The Morgan fingerprint density at radius 2 is 1.45 bits per heavy atom. The van der Waals surface area contributed by atoms with Gasteiger partial charge in [-0.1, -0.05) is 111 Å². The number of aliphatic hydroxyl groups is 1. The van der Waals surface area contributed by atoms with E-state index in [4.69, 9.17) is 0 Å². The van der Waals surface area contributed by atoms with Gasteiger partial charge >= 0.3 is 0 Å². The Balaban J connectivity index is 1.59. The second kappa shape index (κ2) is 11.3. The van der Waals surface area contributed by atoms with E-state index in [1.54, 1.807) is 0 Å². The first-order valence-corrected chi connectivity index (χ1v) is 12.0. The number of carbonyl (C=O) groups is 1. The van der Waals surface area contributed by atoms with Crippen molar-refractivity contribution in [3.05, 3.63) is 108 Å². The number of rotatable bonds is 10. The van der Waals surface area contributed by atoms with Gasteiger partial charge in [0.05, 0.1) is 12.3 Å². The third-order valence-electron chi connectivity index (χ3n) is 6.60. The summed E-state index contributed by atoms with van der Waals surface area (Å²) in [4.78, 5) is 15.5. The number of nitrogens with one attached hydrogen (secondary N) is 1. The van der Waals surface area contributed by atoms with Crippen molar-refractivity contribution in [2.45, 2.75) is 63.4 Å². The highest BCUT2D eigenvalue weighted by Gasteiger charge is 2.44. The summed E-state index contributed by atoms with van der Waals surface area (Å²) >= 11 is 0. The maximum atomic E-state index is 13.6. The summed E-state index contributed by atoms with van der Waals surface area (Å²) < 4.78 is 0. The molecule has 3 aromatic rings. The Bertz CT molecular complexity index is 994. The SMILES string of the molecule is CCCCC1N[C@@H]([C@H](O)C(Cc2ccccc2)c2ccccc2)C(=O)N1Cc1ccccc1. The predicted octanol–water partition coefficient (Wildman–Crippen LogP) is 4.89. The van der Waals surface area contributed by atoms with E-state index in [1.807, 2.05) is 71.6 Å². The van der Waals surface area contributed by atoms with E-state index in [0.29, 0.717) is 13.0 Å². The maximum absolute atomic E-state index is 13.6. The van der Waals surface area contributed by atoms with Crippen LogP contribution in [0.15, 0.2) is 91.0 Å². The number of aliphatic hydroxyl groups excluding tert-OH is 1. The van der Waals surface area contributed by atoms with Crippen molar-refractivity contribution < 1.29 is 9.90 Å². The highest BCUT2D eigenvalue weighted by molar-refractivity contribution is 5.85. The van der Waals surface area contributed by atoms with Gasteiger partial charge in [0, 0.05) is 12.5 Å². The van der Waals surface area contributed by atoms with Gasteiger partial charge in [-0.2, -0.15) is 0 Å². The van der Waals surface area contributed by atoms with E-state index in [-0.39, 0.29) is 18.0 Å². The Hall–Kier alpha value is -2.95. The van der Waals surface area contributed by atoms with Gasteiger partial charge in [0.2, 0.25) is 5.91 Å². The van der Waals surface area contributed by atoms with Crippen LogP contribution in [0.2, 0.25) is 0 Å². The van der Waals surface area contributed by atoms with Crippen LogP contribution in [0.1, 0.15) is 48.8 Å². The van der Waals surface area contributed by atoms with Crippen LogP contribution in [0.4, 0.5) is 0 Å². The summed E-state index contributed by atoms with van der Waals surface area (Å²) in [6, 6.07) is 29.7. The third-order valence-corrected chi connectivity index (χ3v) is 6.60. The minimum atomic E-state index is -0.829. The molecule has 1 fully saturated rings. The van der Waals surface area contributed by atoms with E-state index < -0.39 is 12.1 Å². The van der Waals surface area contributed by atoms with Crippen LogP contribution in [0.5, 0.6) is 0 Å². The smallest absolute Gasteiger partial charge is 0.244 e. The summed E-state index contributed by atoms with van der Waals surface area (Å²) in [6.07, 6.45) is 2.77. The number of hydrogen-bond acceptors (Lipinski definition) is 3. The molecular weight excluding hydrogens is 408 g/mol. The zero-order chi connectivity index (χ0) is 23.0. The maximum Gasteiger partial charge on any atom is 0.244 e. The van der Waals surface area contributed by atoms with Gasteiger partial charge in [-0.25, -0.2) is 0 Å². The van der Waals surface area contributed by atoms with Crippen molar-refractivity contribution in [2.24, 2.45) is 0 Å². The van der Waals surface area contributed by atoms with Gasteiger partial charge < -0.3 is 10.0 Å². The second-order valence-electron chi connectivity index (χ2n) is 8.95. The normalized spacial score (nSPS) is 20.1. The van der Waals surface area contributed by atoms with Gasteiger partial charge in [0.25, 0.3) is 0 Å². The van der Waals surface area contributed by atoms with Crippen molar-refractivity contribution in [3.8, 4) is 0 Å². The fourth-order valence-electron chi connectivity index (χ4n) is 4.79. The highest BCUT2D eigenvalue weighted by Crippen LogP contribution is 2.30. The number of carbonyl (C=O) groups excluding carboxylic acids is 1. The molecule has 2 N–H and O–H groups in total. The molecule has 3 aromatic carbocycles. The van der Waals surface area contributed by atoms with Crippen molar-refractivity contribution in [1.29, 1.82) is 0 Å². The molecular formula is C29H34N2O2. The minimum absolute atomic E-state index is 0.0125. The Labute approximate surface area is 197 Å². The van der Waals surface area contributed by atoms with E-state index in [1.165, 1.54) is 0 Å². The van der Waals surface area contributed by atoms with Crippen LogP contribution in [0.3, 0.4) is 0 Å². The molecule has 4 heteroatoms. The molecule has 4 atom stereocenters. The molecule has 0 radical (unpaired) electrons. The van der Waals surface area contributed by atoms with Crippen LogP contribution >= 0.6 is 0 Å². The minimum Gasteiger partial charge on any atom is -0.390 e. The van der Waals surface area contributed by atoms with Gasteiger partial charge in [0.1, 0.15) is 6.04 Å². The molecule has 1 saturated heterocycles. The number of unbranched alkanes of at least 4 members (excludes halogenated alkanes) is 1. The Kier molecular flexibility index (Phi) is 7.92. The van der Waals surface area contributed by atoms with Crippen LogP contribution in [0, 0.1) is 0 Å². The summed E-state index contributed by atoms with van der Waals surface area (Å²) in [5.41, 5.74) is 3.31. The summed E-state index contributed by atoms with van der Waals surface area (Å²) in [6.45, 7) is 2.72. The second-order valence-corrected chi connectivity index (χ2v) is 8.95. The number of amides is 1. The zero-order valence-electron chi connectivity index (χ0n) is 19.3. The van der Waals surface area contributed by atoms with E-state index in [2.05, 4.69) is 36.5 Å². The number of nitrogens with zero attached hydrogens (tertiary/aromatic N) is 1. The fourth-order valence-corrected chi connectivity index (χ4v) is 4.79. The Morgan fingerprint density at radius 3 is 2.06 bits per heavy atom. The zero-order valence-corrected chi connectivity index (χ0v) is 19.3. The monoisotopic (exact) mass is 442 g/mol. The molecule has 1 heterocycles. The van der Waals surface area contributed by atoms with Crippen molar-refractivity contribution in [2.75, 3.05) is 0 Å². The Morgan fingerprint density at radius 1 is 0.879 bits per heavy atom. The molecule has 0 spiro atoms. The molecule has 2 unspecified atom stereocenters. The third kappa shape index (κ3) is 5.70. The molecule has 33 heavy (non-hydrogen) atoms. The van der Waals surface area contributed by atoms with Crippen LogP contribution in [-0.2, 0) is 17.8 Å². The van der Waals surface area contributed by atoms with E-state index in [9.17, 15) is 9.90 Å². The molecule has 4 rings (SSSR count). The molecule has 172 valence electrons. The van der Waals surface area contributed by atoms with Crippen molar-refractivity contribution in [1.82, 2.24) is 10.2 Å². The quantitative estimate of drug-likeness (QED) is 0.470. The molecule has 0 aliphatic carbocycles. The van der Waals surface area contributed by atoms with Crippen LogP contribution < -0.4 is 5.32 Å². The lowest BCUT2D eigenvalue weighted by Gasteiger charge is -2.27. The van der Waals surface area contributed by atoms with Gasteiger partial charge in [-0.05, 0) is 29.5 Å². The average molecular weight is 443 g/mol. The first-order chi connectivity index (χ1) is 16.2. The van der Waals surface area contributed by atoms with Gasteiger partial charge in [-0.15, -0.1) is 0 Å². The molecule has 0 bridgehead atoms.